The number of aryl methyl sites for hydroxylation is 2. The maximum Gasteiger partial charge on any atom is 0.188 e. The first-order valence-corrected chi connectivity index (χ1v) is 8.31. The highest BCUT2D eigenvalue weighted by Crippen LogP contribution is 2.39. The lowest BCUT2D eigenvalue weighted by Gasteiger charge is -2.31. The molecule has 1 aromatic heterocycles. The summed E-state index contributed by atoms with van der Waals surface area (Å²) in [5.74, 6) is 0.901. The molecule has 1 heterocycles. The van der Waals surface area contributed by atoms with Crippen LogP contribution in [0.1, 0.15) is 49.6 Å². The summed E-state index contributed by atoms with van der Waals surface area (Å²) < 4.78 is 0. The summed E-state index contributed by atoms with van der Waals surface area (Å²) in [6.07, 6.45) is 4.55. The van der Waals surface area contributed by atoms with Crippen LogP contribution in [-0.4, -0.2) is 15.2 Å². The van der Waals surface area contributed by atoms with E-state index in [2.05, 4.69) is 29.9 Å². The first kappa shape index (κ1) is 15.3. The number of nitrogens with zero attached hydrogens (tertiary/aromatic N) is 3. The third-order valence-electron chi connectivity index (χ3n) is 4.51. The third-order valence-corrected chi connectivity index (χ3v) is 5.73. The molecular weight excluding hydrogens is 266 g/mol. The molecule has 0 bridgehead atoms. The van der Waals surface area contributed by atoms with Gasteiger partial charge in [-0.2, -0.15) is 5.26 Å². The summed E-state index contributed by atoms with van der Waals surface area (Å²) in [6.45, 7) is 8.37. The average Bonchev–Trinajstić information content (AvgIpc) is 2.44. The van der Waals surface area contributed by atoms with Crippen LogP contribution < -0.4 is 0 Å². The van der Waals surface area contributed by atoms with Gasteiger partial charge in [0.25, 0.3) is 0 Å². The standard InChI is InChI=1S/C16H23N3S/c1-5-13-6-7-14(9-17)15(8-13)20-16-18-11(3)10(2)12(4)19-16/h13-15H,5-8H2,1-4H3. The minimum atomic E-state index is 0.147. The van der Waals surface area contributed by atoms with Gasteiger partial charge in [-0.3, -0.25) is 0 Å². The van der Waals surface area contributed by atoms with Crippen LogP contribution >= 0.6 is 11.8 Å². The smallest absolute Gasteiger partial charge is 0.188 e. The van der Waals surface area contributed by atoms with E-state index in [-0.39, 0.29) is 5.92 Å². The second-order valence-electron chi connectivity index (χ2n) is 5.78. The van der Waals surface area contributed by atoms with Gasteiger partial charge in [0.2, 0.25) is 0 Å². The topological polar surface area (TPSA) is 49.6 Å². The highest BCUT2D eigenvalue weighted by atomic mass is 32.2. The van der Waals surface area contributed by atoms with Crippen LogP contribution in [-0.2, 0) is 0 Å². The fourth-order valence-corrected chi connectivity index (χ4v) is 4.17. The van der Waals surface area contributed by atoms with Crippen molar-refractivity contribution >= 4 is 11.8 Å². The van der Waals surface area contributed by atoms with Crippen molar-refractivity contribution in [2.75, 3.05) is 0 Å². The molecular formula is C16H23N3S. The Morgan fingerprint density at radius 1 is 1.20 bits per heavy atom. The molecule has 0 amide bonds. The van der Waals surface area contributed by atoms with E-state index in [0.717, 1.165) is 35.3 Å². The zero-order chi connectivity index (χ0) is 14.7. The Bertz CT molecular complexity index is 498. The van der Waals surface area contributed by atoms with E-state index in [1.54, 1.807) is 11.8 Å². The summed E-state index contributed by atoms with van der Waals surface area (Å²) in [5, 5.41) is 10.5. The summed E-state index contributed by atoms with van der Waals surface area (Å²) in [4.78, 5) is 9.18. The van der Waals surface area contributed by atoms with Crippen LogP contribution in [0.5, 0.6) is 0 Å². The minimum absolute atomic E-state index is 0.147. The lowest BCUT2D eigenvalue weighted by atomic mass is 9.81. The summed E-state index contributed by atoms with van der Waals surface area (Å²) >= 11 is 1.71. The summed E-state index contributed by atoms with van der Waals surface area (Å²) in [7, 11) is 0. The Hall–Kier alpha value is -1.08. The van der Waals surface area contributed by atoms with Gasteiger partial charge >= 0.3 is 0 Å². The number of rotatable bonds is 3. The predicted octanol–water partition coefficient (Wildman–Crippen LogP) is 4.21. The van der Waals surface area contributed by atoms with E-state index >= 15 is 0 Å². The molecule has 0 N–H and O–H groups in total. The molecule has 20 heavy (non-hydrogen) atoms. The van der Waals surface area contributed by atoms with Gasteiger partial charge < -0.3 is 0 Å². The molecule has 0 spiro atoms. The van der Waals surface area contributed by atoms with Crippen molar-refractivity contribution in [3.05, 3.63) is 17.0 Å². The maximum absolute atomic E-state index is 9.35. The molecule has 1 aliphatic rings. The molecule has 0 saturated heterocycles. The van der Waals surface area contributed by atoms with Gasteiger partial charge in [0, 0.05) is 16.6 Å². The lowest BCUT2D eigenvalue weighted by molar-refractivity contribution is 0.317. The van der Waals surface area contributed by atoms with Crippen LogP contribution in [0, 0.1) is 43.9 Å². The number of nitriles is 1. The van der Waals surface area contributed by atoms with Gasteiger partial charge in [-0.15, -0.1) is 0 Å². The first-order chi connectivity index (χ1) is 9.55. The zero-order valence-corrected chi connectivity index (χ0v) is 13.6. The molecule has 3 nitrogen and oxygen atoms in total. The maximum atomic E-state index is 9.35. The monoisotopic (exact) mass is 289 g/mol. The fraction of sp³-hybridized carbons (Fsp3) is 0.688. The Morgan fingerprint density at radius 2 is 1.85 bits per heavy atom. The quantitative estimate of drug-likeness (QED) is 0.782. The largest absolute Gasteiger partial charge is 0.228 e. The van der Waals surface area contributed by atoms with Crippen LogP contribution in [0.15, 0.2) is 5.16 Å². The molecule has 4 heteroatoms. The van der Waals surface area contributed by atoms with Gasteiger partial charge in [-0.1, -0.05) is 25.1 Å². The molecule has 0 radical (unpaired) electrons. The normalized spacial score (nSPS) is 26.2. The summed E-state index contributed by atoms with van der Waals surface area (Å²) in [6, 6.07) is 2.48. The lowest BCUT2D eigenvalue weighted by Crippen LogP contribution is -2.26. The molecule has 108 valence electrons. The highest BCUT2D eigenvalue weighted by molar-refractivity contribution is 7.99. The van der Waals surface area contributed by atoms with E-state index < -0.39 is 0 Å². The number of thioether (sulfide) groups is 1. The predicted molar refractivity (Wildman–Crippen MR) is 82.6 cm³/mol. The van der Waals surface area contributed by atoms with Crippen molar-refractivity contribution in [3.8, 4) is 6.07 Å². The molecule has 2 rings (SSSR count). The number of hydrogen-bond donors (Lipinski definition) is 0. The Labute approximate surface area is 126 Å². The van der Waals surface area contributed by atoms with Gasteiger partial charge in [0.05, 0.1) is 12.0 Å². The van der Waals surface area contributed by atoms with Crippen molar-refractivity contribution in [1.29, 1.82) is 5.26 Å². The SMILES string of the molecule is CCC1CCC(C#N)C(Sc2nc(C)c(C)c(C)n2)C1. The van der Waals surface area contributed by atoms with Crippen molar-refractivity contribution in [1.82, 2.24) is 9.97 Å². The highest BCUT2D eigenvalue weighted by Gasteiger charge is 2.31. The molecule has 1 aliphatic carbocycles. The van der Waals surface area contributed by atoms with Crippen molar-refractivity contribution in [3.63, 3.8) is 0 Å². The van der Waals surface area contributed by atoms with E-state index in [1.807, 2.05) is 13.8 Å². The Balaban J connectivity index is 2.16. The first-order valence-electron chi connectivity index (χ1n) is 7.43. The van der Waals surface area contributed by atoms with Crippen molar-refractivity contribution in [2.24, 2.45) is 11.8 Å². The number of hydrogen-bond acceptors (Lipinski definition) is 4. The molecule has 3 unspecified atom stereocenters. The Kier molecular flexibility index (Phi) is 5.04. The van der Waals surface area contributed by atoms with Gasteiger partial charge in [0.15, 0.2) is 5.16 Å². The van der Waals surface area contributed by atoms with E-state index in [4.69, 9.17) is 0 Å². The third kappa shape index (κ3) is 3.32. The second kappa shape index (κ2) is 6.58. The van der Waals surface area contributed by atoms with Crippen LogP contribution in [0.2, 0.25) is 0 Å². The van der Waals surface area contributed by atoms with E-state index in [9.17, 15) is 5.26 Å². The van der Waals surface area contributed by atoms with Gasteiger partial charge in [-0.05, 0) is 51.5 Å². The van der Waals surface area contributed by atoms with Gasteiger partial charge in [0.1, 0.15) is 0 Å². The molecule has 3 atom stereocenters. The van der Waals surface area contributed by atoms with E-state index in [1.165, 1.54) is 18.4 Å². The minimum Gasteiger partial charge on any atom is -0.228 e. The molecule has 0 aliphatic heterocycles. The second-order valence-corrected chi connectivity index (χ2v) is 6.99. The zero-order valence-electron chi connectivity index (χ0n) is 12.8. The van der Waals surface area contributed by atoms with Crippen molar-refractivity contribution in [2.45, 2.75) is 63.8 Å². The summed E-state index contributed by atoms with van der Waals surface area (Å²) in [5.41, 5.74) is 3.27. The molecule has 0 aromatic carbocycles. The molecule has 1 aromatic rings. The number of aromatic nitrogens is 2. The molecule has 1 saturated carbocycles. The molecule has 1 fully saturated rings. The average molecular weight is 289 g/mol. The van der Waals surface area contributed by atoms with Crippen LogP contribution in [0.4, 0.5) is 0 Å². The van der Waals surface area contributed by atoms with Gasteiger partial charge in [-0.25, -0.2) is 9.97 Å². The van der Waals surface area contributed by atoms with E-state index in [0.29, 0.717) is 5.25 Å². The van der Waals surface area contributed by atoms with Crippen LogP contribution in [0.25, 0.3) is 0 Å². The van der Waals surface area contributed by atoms with Crippen LogP contribution in [0.3, 0.4) is 0 Å². The van der Waals surface area contributed by atoms with Crippen molar-refractivity contribution < 1.29 is 0 Å². The fourth-order valence-electron chi connectivity index (χ4n) is 2.79. The Morgan fingerprint density at radius 3 is 2.40 bits per heavy atom.